The third-order valence-electron chi connectivity index (χ3n) is 4.56. The minimum Gasteiger partial charge on any atom is -0.489 e. The number of methoxy groups -OCH3 is 1. The Kier molecular flexibility index (Phi) is 4.71. The van der Waals surface area contributed by atoms with E-state index < -0.39 is 5.60 Å². The molecule has 0 bridgehead atoms. The summed E-state index contributed by atoms with van der Waals surface area (Å²) >= 11 is 0. The van der Waals surface area contributed by atoms with Crippen LogP contribution in [0.15, 0.2) is 30.5 Å². The highest BCUT2D eigenvalue weighted by molar-refractivity contribution is 6.05. The lowest BCUT2D eigenvalue weighted by Gasteiger charge is -2.26. The molecule has 1 fully saturated rings. The molecule has 1 amide bonds. The molecule has 1 aromatic carbocycles. The van der Waals surface area contributed by atoms with Crippen LogP contribution in [0.2, 0.25) is 0 Å². The van der Waals surface area contributed by atoms with E-state index >= 15 is 0 Å². The van der Waals surface area contributed by atoms with Crippen LogP contribution in [-0.4, -0.2) is 29.7 Å². The summed E-state index contributed by atoms with van der Waals surface area (Å²) in [6.45, 7) is 3.96. The van der Waals surface area contributed by atoms with Gasteiger partial charge in [0.15, 0.2) is 0 Å². The highest BCUT2D eigenvalue weighted by Crippen LogP contribution is 2.36. The lowest BCUT2D eigenvalue weighted by atomic mass is 10.0. The highest BCUT2D eigenvalue weighted by atomic mass is 16.5. The van der Waals surface area contributed by atoms with Gasteiger partial charge in [0.2, 0.25) is 0 Å². The fraction of sp³-hybridized carbons (Fsp3) is 0.474. The summed E-state index contributed by atoms with van der Waals surface area (Å²) < 4.78 is 11.4. The standard InChI is InChI=1S/C19H24N2O3/c1-13(2)24-16-9-8-15(14-7-6-12-20-17(14)16)21-18(22)19(23-3)10-4-5-11-19/h6-9,12-13H,4-5,10-11H2,1-3H3,(H,21,22). The van der Waals surface area contributed by atoms with Gasteiger partial charge in [-0.05, 0) is 63.8 Å². The predicted molar refractivity (Wildman–Crippen MR) is 94.3 cm³/mol. The van der Waals surface area contributed by atoms with Gasteiger partial charge in [0, 0.05) is 18.7 Å². The number of nitrogens with zero attached hydrogens (tertiary/aromatic N) is 1. The van der Waals surface area contributed by atoms with E-state index in [9.17, 15) is 4.79 Å². The first-order valence-electron chi connectivity index (χ1n) is 8.47. The van der Waals surface area contributed by atoms with Gasteiger partial charge in [0.25, 0.3) is 5.91 Å². The molecule has 0 atom stereocenters. The van der Waals surface area contributed by atoms with Gasteiger partial charge >= 0.3 is 0 Å². The SMILES string of the molecule is COC1(C(=O)Nc2ccc(OC(C)C)c3ncccc23)CCCC1. The van der Waals surface area contributed by atoms with Crippen LogP contribution < -0.4 is 10.1 Å². The Labute approximate surface area is 142 Å². The maximum Gasteiger partial charge on any atom is 0.256 e. The first-order chi connectivity index (χ1) is 11.6. The zero-order chi connectivity index (χ0) is 17.2. The Balaban J connectivity index is 1.94. The van der Waals surface area contributed by atoms with Crippen molar-refractivity contribution in [3.8, 4) is 5.75 Å². The maximum atomic E-state index is 12.8. The number of rotatable bonds is 5. The van der Waals surface area contributed by atoms with Crippen molar-refractivity contribution in [3.05, 3.63) is 30.5 Å². The molecule has 0 radical (unpaired) electrons. The van der Waals surface area contributed by atoms with Gasteiger partial charge in [-0.25, -0.2) is 0 Å². The summed E-state index contributed by atoms with van der Waals surface area (Å²) in [5.41, 5.74) is 0.783. The van der Waals surface area contributed by atoms with Crippen LogP contribution in [-0.2, 0) is 9.53 Å². The predicted octanol–water partition coefficient (Wildman–Crippen LogP) is 3.92. The van der Waals surface area contributed by atoms with Crippen LogP contribution in [0.25, 0.3) is 10.9 Å². The minimum absolute atomic E-state index is 0.0610. The number of pyridine rings is 1. The Hall–Kier alpha value is -2.14. The van der Waals surface area contributed by atoms with Crippen molar-refractivity contribution in [3.63, 3.8) is 0 Å². The van der Waals surface area contributed by atoms with Gasteiger partial charge < -0.3 is 14.8 Å². The summed E-state index contributed by atoms with van der Waals surface area (Å²) in [5, 5.41) is 3.91. The molecule has 128 valence electrons. The number of amides is 1. The number of ether oxygens (including phenoxy) is 2. The molecule has 0 saturated heterocycles. The fourth-order valence-corrected chi connectivity index (χ4v) is 3.31. The zero-order valence-corrected chi connectivity index (χ0v) is 14.5. The lowest BCUT2D eigenvalue weighted by molar-refractivity contribution is -0.136. The number of hydrogen-bond donors (Lipinski definition) is 1. The maximum absolute atomic E-state index is 12.8. The van der Waals surface area contributed by atoms with Crippen LogP contribution in [0.5, 0.6) is 5.75 Å². The molecule has 0 spiro atoms. The second-order valence-corrected chi connectivity index (χ2v) is 6.54. The summed E-state index contributed by atoms with van der Waals surface area (Å²) in [5.74, 6) is 0.645. The van der Waals surface area contributed by atoms with E-state index in [0.29, 0.717) is 0 Å². The van der Waals surface area contributed by atoms with E-state index in [4.69, 9.17) is 9.47 Å². The second-order valence-electron chi connectivity index (χ2n) is 6.54. The van der Waals surface area contributed by atoms with Crippen molar-refractivity contribution in [1.29, 1.82) is 0 Å². The molecule has 1 aromatic heterocycles. The third-order valence-corrected chi connectivity index (χ3v) is 4.56. The molecule has 0 aliphatic heterocycles. The first kappa shape index (κ1) is 16.7. The smallest absolute Gasteiger partial charge is 0.256 e. The molecule has 5 nitrogen and oxygen atoms in total. The molecule has 3 rings (SSSR count). The highest BCUT2D eigenvalue weighted by Gasteiger charge is 2.41. The normalized spacial score (nSPS) is 16.5. The lowest BCUT2D eigenvalue weighted by Crippen LogP contribution is -2.42. The third kappa shape index (κ3) is 3.08. The first-order valence-corrected chi connectivity index (χ1v) is 8.47. The van der Waals surface area contributed by atoms with Crippen LogP contribution in [0.4, 0.5) is 5.69 Å². The van der Waals surface area contributed by atoms with Crippen LogP contribution in [0.1, 0.15) is 39.5 Å². The molecular formula is C19H24N2O3. The molecule has 0 unspecified atom stereocenters. The Morgan fingerprint density at radius 1 is 1.25 bits per heavy atom. The molecular weight excluding hydrogens is 304 g/mol. The minimum atomic E-state index is -0.707. The fourth-order valence-electron chi connectivity index (χ4n) is 3.31. The molecule has 2 aromatic rings. The van der Waals surface area contributed by atoms with E-state index in [0.717, 1.165) is 48.0 Å². The molecule has 24 heavy (non-hydrogen) atoms. The number of hydrogen-bond acceptors (Lipinski definition) is 4. The largest absolute Gasteiger partial charge is 0.489 e. The number of nitrogens with one attached hydrogen (secondary N) is 1. The van der Waals surface area contributed by atoms with Crippen molar-refractivity contribution in [2.45, 2.75) is 51.2 Å². The molecule has 1 aliphatic rings. The van der Waals surface area contributed by atoms with Gasteiger partial charge in [-0.1, -0.05) is 0 Å². The number of benzene rings is 1. The summed E-state index contributed by atoms with van der Waals surface area (Å²) in [7, 11) is 1.62. The quantitative estimate of drug-likeness (QED) is 0.903. The van der Waals surface area contributed by atoms with E-state index in [1.54, 1.807) is 13.3 Å². The van der Waals surface area contributed by atoms with Crippen molar-refractivity contribution in [2.24, 2.45) is 0 Å². The van der Waals surface area contributed by atoms with Crippen molar-refractivity contribution < 1.29 is 14.3 Å². The average molecular weight is 328 g/mol. The number of aromatic nitrogens is 1. The topological polar surface area (TPSA) is 60.5 Å². The zero-order valence-electron chi connectivity index (χ0n) is 14.5. The van der Waals surface area contributed by atoms with E-state index in [1.807, 2.05) is 38.1 Å². The molecule has 5 heteroatoms. The average Bonchev–Trinajstić information content (AvgIpc) is 3.07. The Bertz CT molecular complexity index is 736. The molecule has 1 N–H and O–H groups in total. The summed E-state index contributed by atoms with van der Waals surface area (Å²) in [6.07, 6.45) is 5.36. The van der Waals surface area contributed by atoms with E-state index in [-0.39, 0.29) is 12.0 Å². The monoisotopic (exact) mass is 328 g/mol. The van der Waals surface area contributed by atoms with Gasteiger partial charge in [-0.3, -0.25) is 9.78 Å². The Morgan fingerprint density at radius 2 is 2.00 bits per heavy atom. The van der Waals surface area contributed by atoms with Crippen LogP contribution in [0.3, 0.4) is 0 Å². The summed E-state index contributed by atoms with van der Waals surface area (Å²) in [4.78, 5) is 17.2. The second kappa shape index (κ2) is 6.77. The Morgan fingerprint density at radius 3 is 2.67 bits per heavy atom. The van der Waals surface area contributed by atoms with Gasteiger partial charge in [-0.2, -0.15) is 0 Å². The van der Waals surface area contributed by atoms with E-state index in [1.165, 1.54) is 0 Å². The van der Waals surface area contributed by atoms with Crippen molar-refractivity contribution in [1.82, 2.24) is 4.98 Å². The molecule has 1 saturated carbocycles. The van der Waals surface area contributed by atoms with Crippen LogP contribution >= 0.6 is 0 Å². The van der Waals surface area contributed by atoms with Gasteiger partial charge in [-0.15, -0.1) is 0 Å². The van der Waals surface area contributed by atoms with Gasteiger partial charge in [0.1, 0.15) is 16.9 Å². The van der Waals surface area contributed by atoms with Crippen molar-refractivity contribution >= 4 is 22.5 Å². The summed E-state index contributed by atoms with van der Waals surface area (Å²) in [6, 6.07) is 7.54. The van der Waals surface area contributed by atoms with E-state index in [2.05, 4.69) is 10.3 Å². The number of anilines is 1. The molecule has 1 aliphatic carbocycles. The van der Waals surface area contributed by atoms with Crippen molar-refractivity contribution in [2.75, 3.05) is 12.4 Å². The number of carbonyl (C=O) groups excluding carboxylic acids is 1. The number of fused-ring (bicyclic) bond motifs is 1. The van der Waals surface area contributed by atoms with Crippen LogP contribution in [0, 0.1) is 0 Å². The van der Waals surface area contributed by atoms with Gasteiger partial charge in [0.05, 0.1) is 11.8 Å². The molecule has 1 heterocycles. The number of carbonyl (C=O) groups is 1.